The highest BCUT2D eigenvalue weighted by atomic mass is 35.5. The molecule has 1 aliphatic rings. The average molecular weight is 310 g/mol. The van der Waals surface area contributed by atoms with Crippen LogP contribution >= 0.6 is 23.1 Å². The molecule has 2 atom stereocenters. The van der Waals surface area contributed by atoms with Gasteiger partial charge >= 0.3 is 0 Å². The van der Waals surface area contributed by atoms with E-state index in [1.54, 1.807) is 0 Å². The van der Waals surface area contributed by atoms with Crippen molar-refractivity contribution in [3.63, 3.8) is 0 Å². The first-order chi connectivity index (χ1) is 9.72. The van der Waals surface area contributed by atoms with Crippen LogP contribution in [0, 0.1) is 0 Å². The van der Waals surface area contributed by atoms with E-state index in [-0.39, 0.29) is 6.10 Å². The molecule has 2 heterocycles. The van der Waals surface area contributed by atoms with E-state index in [1.165, 1.54) is 11.5 Å². The van der Waals surface area contributed by atoms with Crippen LogP contribution < -0.4 is 0 Å². The second-order valence-electron chi connectivity index (χ2n) is 5.05. The molecule has 0 bridgehead atoms. The molecule has 0 spiro atoms. The van der Waals surface area contributed by atoms with Crippen LogP contribution in [-0.2, 0) is 11.3 Å². The minimum Gasteiger partial charge on any atom is -0.371 e. The van der Waals surface area contributed by atoms with Crippen molar-refractivity contribution in [3.8, 4) is 0 Å². The highest BCUT2D eigenvalue weighted by molar-refractivity contribution is 7.03. The number of halogens is 1. The molecule has 106 valence electrons. The number of morpholine rings is 1. The number of ether oxygens (including phenoxy) is 1. The Morgan fingerprint density at radius 3 is 3.15 bits per heavy atom. The van der Waals surface area contributed by atoms with Gasteiger partial charge < -0.3 is 4.74 Å². The Hall–Kier alpha value is -1.01. The summed E-state index contributed by atoms with van der Waals surface area (Å²) in [6, 6.07) is 8.27. The lowest BCUT2D eigenvalue weighted by molar-refractivity contribution is -0.0636. The van der Waals surface area contributed by atoms with Gasteiger partial charge in [0.15, 0.2) is 0 Å². The molecule has 1 saturated heterocycles. The Morgan fingerprint density at radius 1 is 1.50 bits per heavy atom. The Labute approximate surface area is 127 Å². The van der Waals surface area contributed by atoms with Crippen molar-refractivity contribution in [1.29, 1.82) is 0 Å². The van der Waals surface area contributed by atoms with Crippen molar-refractivity contribution in [2.45, 2.75) is 25.6 Å². The number of nitrogens with zero attached hydrogens (tertiary/aromatic N) is 3. The van der Waals surface area contributed by atoms with Crippen molar-refractivity contribution in [2.75, 3.05) is 13.2 Å². The van der Waals surface area contributed by atoms with Gasteiger partial charge in [-0.15, -0.1) is 5.10 Å². The fourth-order valence-electron chi connectivity index (χ4n) is 2.40. The van der Waals surface area contributed by atoms with E-state index in [2.05, 4.69) is 27.5 Å². The van der Waals surface area contributed by atoms with Crippen LogP contribution in [-0.4, -0.2) is 33.7 Å². The second kappa shape index (κ2) is 6.18. The molecule has 0 aliphatic carbocycles. The normalized spacial score (nSPS) is 23.9. The molecule has 4 nitrogen and oxygen atoms in total. The maximum Gasteiger partial charge on any atom is 0.0953 e. The minimum atomic E-state index is 0.0662. The first kappa shape index (κ1) is 13.9. The Bertz CT molecular complexity index is 563. The van der Waals surface area contributed by atoms with Crippen molar-refractivity contribution in [3.05, 3.63) is 45.9 Å². The molecule has 0 saturated carbocycles. The third-order valence-electron chi connectivity index (χ3n) is 3.55. The number of hydrogen-bond acceptors (Lipinski definition) is 5. The zero-order valence-corrected chi connectivity index (χ0v) is 12.8. The highest BCUT2D eigenvalue weighted by Crippen LogP contribution is 2.27. The summed E-state index contributed by atoms with van der Waals surface area (Å²) < 4.78 is 9.86. The van der Waals surface area contributed by atoms with Crippen molar-refractivity contribution in [1.82, 2.24) is 14.5 Å². The van der Waals surface area contributed by atoms with Crippen LogP contribution in [0.5, 0.6) is 0 Å². The van der Waals surface area contributed by atoms with E-state index < -0.39 is 0 Å². The fraction of sp³-hybridized carbons (Fsp3) is 0.429. The monoisotopic (exact) mass is 309 g/mol. The van der Waals surface area contributed by atoms with Crippen LogP contribution in [0.2, 0.25) is 5.02 Å². The minimum absolute atomic E-state index is 0.0662. The summed E-state index contributed by atoms with van der Waals surface area (Å²) in [4.78, 5) is 2.38. The van der Waals surface area contributed by atoms with Gasteiger partial charge in [-0.3, -0.25) is 4.90 Å². The molecule has 3 rings (SSSR count). The van der Waals surface area contributed by atoms with Gasteiger partial charge in [-0.2, -0.15) is 0 Å². The topological polar surface area (TPSA) is 38.2 Å². The lowest BCUT2D eigenvalue weighted by Gasteiger charge is -2.37. The van der Waals surface area contributed by atoms with E-state index in [9.17, 15) is 0 Å². The number of benzene rings is 1. The molecule has 1 aliphatic heterocycles. The highest BCUT2D eigenvalue weighted by Gasteiger charge is 2.27. The Kier molecular flexibility index (Phi) is 4.31. The van der Waals surface area contributed by atoms with Gasteiger partial charge in [0.1, 0.15) is 0 Å². The second-order valence-corrected chi connectivity index (χ2v) is 6.10. The van der Waals surface area contributed by atoms with Gasteiger partial charge in [-0.25, -0.2) is 0 Å². The van der Waals surface area contributed by atoms with E-state index >= 15 is 0 Å². The molecule has 0 unspecified atom stereocenters. The first-order valence-corrected chi connectivity index (χ1v) is 7.81. The van der Waals surface area contributed by atoms with Gasteiger partial charge in [0, 0.05) is 29.5 Å². The molecule has 6 heteroatoms. The molecule has 1 aromatic heterocycles. The predicted molar refractivity (Wildman–Crippen MR) is 79.9 cm³/mol. The summed E-state index contributed by atoms with van der Waals surface area (Å²) in [7, 11) is 0. The summed E-state index contributed by atoms with van der Waals surface area (Å²) in [5, 5.41) is 6.87. The van der Waals surface area contributed by atoms with Crippen LogP contribution in [0.25, 0.3) is 0 Å². The lowest BCUT2D eigenvalue weighted by Crippen LogP contribution is -2.44. The van der Waals surface area contributed by atoms with Gasteiger partial charge in [0.2, 0.25) is 0 Å². The van der Waals surface area contributed by atoms with E-state index in [0.717, 1.165) is 36.0 Å². The van der Waals surface area contributed by atoms with E-state index in [4.69, 9.17) is 16.3 Å². The SMILES string of the molecule is C[C@@H]1CO[C@@H](c2cccc(Cl)c2)CN1Cc1csnn1. The summed E-state index contributed by atoms with van der Waals surface area (Å²) in [6.45, 7) is 4.56. The number of aromatic nitrogens is 2. The summed E-state index contributed by atoms with van der Waals surface area (Å²) in [5.41, 5.74) is 2.15. The van der Waals surface area contributed by atoms with Crippen molar-refractivity contribution in [2.24, 2.45) is 0 Å². The Morgan fingerprint density at radius 2 is 2.40 bits per heavy atom. The molecule has 20 heavy (non-hydrogen) atoms. The quantitative estimate of drug-likeness (QED) is 0.873. The van der Waals surface area contributed by atoms with E-state index in [1.807, 2.05) is 23.6 Å². The third kappa shape index (κ3) is 3.17. The Balaban J connectivity index is 1.72. The standard InChI is InChI=1S/C14H16ClN3OS/c1-10-8-19-14(11-3-2-4-12(15)5-11)7-18(10)6-13-9-20-17-16-13/h2-5,9-10,14H,6-8H2,1H3/t10-,14-/m1/s1. The molecule has 1 fully saturated rings. The average Bonchev–Trinajstić information content (AvgIpc) is 2.94. The molecule has 0 N–H and O–H groups in total. The first-order valence-electron chi connectivity index (χ1n) is 6.59. The maximum atomic E-state index is 6.06. The molecule has 0 radical (unpaired) electrons. The molecule has 0 amide bonds. The number of rotatable bonds is 3. The lowest BCUT2D eigenvalue weighted by atomic mass is 10.1. The molecular formula is C14H16ClN3OS. The third-order valence-corrected chi connectivity index (χ3v) is 4.34. The van der Waals surface area contributed by atoms with Crippen molar-refractivity contribution >= 4 is 23.1 Å². The summed E-state index contributed by atoms with van der Waals surface area (Å²) in [5.74, 6) is 0. The van der Waals surface area contributed by atoms with Gasteiger partial charge in [0.05, 0.1) is 18.4 Å². The van der Waals surface area contributed by atoms with Gasteiger partial charge in [-0.1, -0.05) is 28.2 Å². The van der Waals surface area contributed by atoms with Gasteiger partial charge in [0.25, 0.3) is 0 Å². The summed E-state index contributed by atoms with van der Waals surface area (Å²) in [6.07, 6.45) is 0.0662. The maximum absolute atomic E-state index is 6.06. The van der Waals surface area contributed by atoms with Crippen LogP contribution in [0.1, 0.15) is 24.3 Å². The zero-order valence-electron chi connectivity index (χ0n) is 11.2. The summed E-state index contributed by atoms with van der Waals surface area (Å²) >= 11 is 7.45. The largest absolute Gasteiger partial charge is 0.371 e. The van der Waals surface area contributed by atoms with Crippen LogP contribution in [0.15, 0.2) is 29.6 Å². The number of hydrogen-bond donors (Lipinski definition) is 0. The molecular weight excluding hydrogens is 294 g/mol. The predicted octanol–water partition coefficient (Wildman–Crippen LogP) is 3.15. The van der Waals surface area contributed by atoms with Crippen LogP contribution in [0.3, 0.4) is 0 Å². The molecule has 1 aromatic carbocycles. The fourth-order valence-corrected chi connectivity index (χ4v) is 3.04. The van der Waals surface area contributed by atoms with Crippen molar-refractivity contribution < 1.29 is 4.74 Å². The molecule has 2 aromatic rings. The van der Waals surface area contributed by atoms with E-state index in [0.29, 0.717) is 6.04 Å². The van der Waals surface area contributed by atoms with Crippen LogP contribution in [0.4, 0.5) is 0 Å². The smallest absolute Gasteiger partial charge is 0.0953 e. The van der Waals surface area contributed by atoms with Gasteiger partial charge in [-0.05, 0) is 36.2 Å². The zero-order chi connectivity index (χ0) is 13.9.